The minimum atomic E-state index is -0.880. The Morgan fingerprint density at radius 2 is 1.80 bits per heavy atom. The number of hydrogen-bond donors (Lipinski definition) is 2. The zero-order valence-corrected chi connectivity index (χ0v) is 15.4. The van der Waals surface area contributed by atoms with Crippen LogP contribution in [0.1, 0.15) is 64.2 Å². The number of nitrogens with one attached hydrogen (secondary N) is 1. The summed E-state index contributed by atoms with van der Waals surface area (Å²) in [7, 11) is 1.58. The maximum atomic E-state index is 13.0. The minimum absolute atomic E-state index is 0.0695. The zero-order valence-electron chi connectivity index (χ0n) is 15.4. The van der Waals surface area contributed by atoms with E-state index >= 15 is 0 Å². The highest BCUT2D eigenvalue weighted by Crippen LogP contribution is 2.44. The molecule has 2 fully saturated rings. The number of hydrogen-bond acceptors (Lipinski definition) is 4. The van der Waals surface area contributed by atoms with Crippen molar-refractivity contribution >= 4 is 11.9 Å². The monoisotopic (exact) mass is 355 g/mol. The Bertz CT molecular complexity index is 428. The van der Waals surface area contributed by atoms with E-state index in [9.17, 15) is 14.7 Å². The Balaban J connectivity index is 1.95. The van der Waals surface area contributed by atoms with E-state index in [1.54, 1.807) is 7.11 Å². The molecule has 0 aromatic heterocycles. The molecule has 0 spiro atoms. The second-order valence-corrected chi connectivity index (χ2v) is 7.60. The number of aliphatic carboxylic acids is 1. The average molecular weight is 355 g/mol. The SMILES string of the molecule is COCCOCC(CC1(C(=O)NC2CCCCC2)CCCC1)C(=O)O. The highest BCUT2D eigenvalue weighted by atomic mass is 16.5. The van der Waals surface area contributed by atoms with E-state index in [0.717, 1.165) is 38.5 Å². The molecule has 2 rings (SSSR count). The van der Waals surface area contributed by atoms with Gasteiger partial charge in [-0.05, 0) is 32.1 Å². The molecule has 0 saturated heterocycles. The van der Waals surface area contributed by atoms with Crippen LogP contribution in [0, 0.1) is 11.3 Å². The van der Waals surface area contributed by atoms with Crippen LogP contribution in [0.2, 0.25) is 0 Å². The lowest BCUT2D eigenvalue weighted by Crippen LogP contribution is -2.46. The van der Waals surface area contributed by atoms with E-state index in [1.165, 1.54) is 19.3 Å². The van der Waals surface area contributed by atoms with Gasteiger partial charge < -0.3 is 19.9 Å². The summed E-state index contributed by atoms with van der Waals surface area (Å²) in [5.74, 6) is -1.46. The number of rotatable bonds is 10. The fraction of sp³-hybridized carbons (Fsp3) is 0.895. The van der Waals surface area contributed by atoms with Gasteiger partial charge in [0.05, 0.1) is 31.2 Å². The summed E-state index contributed by atoms with van der Waals surface area (Å²) in [5, 5.41) is 12.8. The summed E-state index contributed by atoms with van der Waals surface area (Å²) in [6.45, 7) is 0.957. The second-order valence-electron chi connectivity index (χ2n) is 7.60. The predicted molar refractivity (Wildman–Crippen MR) is 94.4 cm³/mol. The van der Waals surface area contributed by atoms with Crippen LogP contribution in [-0.2, 0) is 19.1 Å². The number of ether oxygens (including phenoxy) is 2. The summed E-state index contributed by atoms with van der Waals surface area (Å²) in [4.78, 5) is 24.7. The van der Waals surface area contributed by atoms with Crippen LogP contribution in [0.5, 0.6) is 0 Å². The maximum absolute atomic E-state index is 13.0. The van der Waals surface area contributed by atoms with Crippen molar-refractivity contribution in [3.8, 4) is 0 Å². The maximum Gasteiger partial charge on any atom is 0.308 e. The molecular formula is C19H33NO5. The quantitative estimate of drug-likeness (QED) is 0.589. The third-order valence-electron chi connectivity index (χ3n) is 5.72. The molecule has 0 radical (unpaired) electrons. The summed E-state index contributed by atoms with van der Waals surface area (Å²) < 4.78 is 10.4. The third-order valence-corrected chi connectivity index (χ3v) is 5.72. The molecule has 0 aliphatic heterocycles. The van der Waals surface area contributed by atoms with Gasteiger partial charge in [0.1, 0.15) is 0 Å². The van der Waals surface area contributed by atoms with E-state index in [1.807, 2.05) is 0 Å². The van der Waals surface area contributed by atoms with Gasteiger partial charge in [-0.15, -0.1) is 0 Å². The largest absolute Gasteiger partial charge is 0.481 e. The average Bonchev–Trinajstić information content (AvgIpc) is 3.08. The van der Waals surface area contributed by atoms with Crippen molar-refractivity contribution in [3.63, 3.8) is 0 Å². The Kier molecular flexibility index (Phi) is 8.16. The van der Waals surface area contributed by atoms with Crippen molar-refractivity contribution < 1.29 is 24.2 Å². The second kappa shape index (κ2) is 10.1. The lowest BCUT2D eigenvalue weighted by Gasteiger charge is -2.33. The standard InChI is InChI=1S/C19H33NO5/c1-24-11-12-25-14-15(17(21)22)13-19(9-5-6-10-19)18(23)20-16-7-3-2-4-8-16/h15-16H,2-14H2,1H3,(H,20,23)(H,21,22). The summed E-state index contributed by atoms with van der Waals surface area (Å²) in [6, 6.07) is 0.264. The van der Waals surface area contributed by atoms with E-state index in [0.29, 0.717) is 19.6 Å². The third kappa shape index (κ3) is 5.96. The van der Waals surface area contributed by atoms with Gasteiger partial charge in [-0.3, -0.25) is 9.59 Å². The molecule has 0 heterocycles. The molecule has 2 aliphatic carbocycles. The first-order valence-electron chi connectivity index (χ1n) is 9.68. The number of methoxy groups -OCH3 is 1. The van der Waals surface area contributed by atoms with Gasteiger partial charge in [-0.1, -0.05) is 32.1 Å². The number of carboxylic acid groups (broad SMARTS) is 1. The fourth-order valence-electron chi connectivity index (χ4n) is 4.22. The molecule has 1 unspecified atom stereocenters. The molecule has 0 aromatic carbocycles. The lowest BCUT2D eigenvalue weighted by atomic mass is 9.76. The minimum Gasteiger partial charge on any atom is -0.481 e. The van der Waals surface area contributed by atoms with Gasteiger partial charge in [-0.25, -0.2) is 0 Å². The van der Waals surface area contributed by atoms with Crippen molar-refractivity contribution in [3.05, 3.63) is 0 Å². The predicted octanol–water partition coefficient (Wildman–Crippen LogP) is 2.75. The first-order valence-corrected chi connectivity index (χ1v) is 9.68. The molecular weight excluding hydrogens is 322 g/mol. The molecule has 6 heteroatoms. The summed E-state index contributed by atoms with van der Waals surface area (Å²) in [5.41, 5.74) is -0.537. The van der Waals surface area contributed by atoms with Crippen molar-refractivity contribution in [2.24, 2.45) is 11.3 Å². The van der Waals surface area contributed by atoms with Crippen LogP contribution in [-0.4, -0.2) is 50.0 Å². The molecule has 1 atom stereocenters. The van der Waals surface area contributed by atoms with Crippen LogP contribution in [0.15, 0.2) is 0 Å². The molecule has 2 N–H and O–H groups in total. The molecule has 144 valence electrons. The van der Waals surface area contributed by atoms with Gasteiger partial charge in [0.2, 0.25) is 5.91 Å². The van der Waals surface area contributed by atoms with E-state index in [4.69, 9.17) is 9.47 Å². The highest BCUT2D eigenvalue weighted by Gasteiger charge is 2.44. The van der Waals surface area contributed by atoms with Gasteiger partial charge >= 0.3 is 5.97 Å². The Morgan fingerprint density at radius 1 is 1.12 bits per heavy atom. The van der Waals surface area contributed by atoms with Gasteiger partial charge in [0.15, 0.2) is 0 Å². The molecule has 0 bridgehead atoms. The van der Waals surface area contributed by atoms with Crippen LogP contribution >= 0.6 is 0 Å². The van der Waals surface area contributed by atoms with Crippen molar-refractivity contribution in [2.75, 3.05) is 26.9 Å². The Labute approximate surface area is 150 Å². The number of carbonyl (C=O) groups excluding carboxylic acids is 1. The molecule has 2 aliphatic rings. The van der Waals surface area contributed by atoms with Gasteiger partial charge in [-0.2, -0.15) is 0 Å². The number of amides is 1. The zero-order chi connectivity index (χ0) is 18.1. The molecule has 25 heavy (non-hydrogen) atoms. The topological polar surface area (TPSA) is 84.9 Å². The fourth-order valence-corrected chi connectivity index (χ4v) is 4.22. The van der Waals surface area contributed by atoms with Crippen molar-refractivity contribution in [1.82, 2.24) is 5.32 Å². The van der Waals surface area contributed by atoms with Crippen LogP contribution in [0.3, 0.4) is 0 Å². The normalized spacial score (nSPS) is 21.8. The van der Waals surface area contributed by atoms with E-state index in [2.05, 4.69) is 5.32 Å². The Hall–Kier alpha value is -1.14. The van der Waals surface area contributed by atoms with Crippen LogP contribution < -0.4 is 5.32 Å². The van der Waals surface area contributed by atoms with Crippen LogP contribution in [0.25, 0.3) is 0 Å². The van der Waals surface area contributed by atoms with E-state index in [-0.39, 0.29) is 18.6 Å². The smallest absolute Gasteiger partial charge is 0.308 e. The van der Waals surface area contributed by atoms with Crippen molar-refractivity contribution in [2.45, 2.75) is 70.3 Å². The first kappa shape index (κ1) is 20.2. The summed E-state index contributed by atoms with van der Waals surface area (Å²) in [6.07, 6.45) is 9.61. The molecule has 6 nitrogen and oxygen atoms in total. The number of carbonyl (C=O) groups is 2. The molecule has 2 saturated carbocycles. The molecule has 1 amide bonds. The highest BCUT2D eigenvalue weighted by molar-refractivity contribution is 5.84. The van der Waals surface area contributed by atoms with Crippen molar-refractivity contribution in [1.29, 1.82) is 0 Å². The van der Waals surface area contributed by atoms with Gasteiger partial charge in [0, 0.05) is 13.2 Å². The van der Waals surface area contributed by atoms with Crippen LogP contribution in [0.4, 0.5) is 0 Å². The Morgan fingerprint density at radius 3 is 2.40 bits per heavy atom. The van der Waals surface area contributed by atoms with Gasteiger partial charge in [0.25, 0.3) is 0 Å². The lowest BCUT2D eigenvalue weighted by molar-refractivity contribution is -0.147. The summed E-state index contributed by atoms with van der Waals surface area (Å²) >= 11 is 0. The molecule has 0 aromatic rings. The number of carboxylic acids is 1. The van der Waals surface area contributed by atoms with E-state index < -0.39 is 17.3 Å². The first-order chi connectivity index (χ1) is 12.1.